The van der Waals surface area contributed by atoms with Gasteiger partial charge in [-0.2, -0.15) is 0 Å². The normalized spacial score (nSPS) is 16.2. The highest BCUT2D eigenvalue weighted by atomic mass is 32.1. The topological polar surface area (TPSA) is 70.9 Å². The molecule has 0 unspecified atom stereocenters. The van der Waals surface area contributed by atoms with Crippen LogP contribution in [0.4, 0.5) is 5.69 Å². The van der Waals surface area contributed by atoms with E-state index in [-0.39, 0.29) is 11.8 Å². The molecular formula is C35H41N5O3S. The van der Waals surface area contributed by atoms with Crippen molar-refractivity contribution in [3.8, 4) is 27.7 Å². The Balaban J connectivity index is 1.19. The van der Waals surface area contributed by atoms with Crippen LogP contribution in [-0.4, -0.2) is 78.0 Å². The summed E-state index contributed by atoms with van der Waals surface area (Å²) < 4.78 is 7.72. The number of hydrogen-bond acceptors (Lipinski definition) is 6. The fourth-order valence-corrected chi connectivity index (χ4v) is 7.29. The summed E-state index contributed by atoms with van der Waals surface area (Å²) in [6.07, 6.45) is 5.92. The van der Waals surface area contributed by atoms with Gasteiger partial charge in [0.05, 0.1) is 30.6 Å². The number of carbonyl (C=O) groups is 2. The summed E-state index contributed by atoms with van der Waals surface area (Å²) in [5.74, 6) is 0.942. The molecule has 0 bridgehead atoms. The first-order valence-corrected chi connectivity index (χ1v) is 16.5. The Morgan fingerprint density at radius 3 is 2.36 bits per heavy atom. The molecule has 1 aliphatic carbocycles. The number of benzene rings is 2. The number of thiazole rings is 1. The Bertz CT molecular complexity index is 1580. The number of para-hydroxylation sites is 1. The minimum absolute atomic E-state index is 0.0540. The van der Waals surface area contributed by atoms with E-state index in [1.165, 1.54) is 19.3 Å². The minimum atomic E-state index is 0.0540. The molecule has 4 aromatic rings. The highest BCUT2D eigenvalue weighted by Gasteiger charge is 2.30. The molecule has 0 N–H and O–H groups in total. The van der Waals surface area contributed by atoms with Gasteiger partial charge in [0.2, 0.25) is 5.91 Å². The largest absolute Gasteiger partial charge is 0.497 e. The molecule has 44 heavy (non-hydrogen) atoms. The molecule has 2 aliphatic rings. The second kappa shape index (κ2) is 13.4. The van der Waals surface area contributed by atoms with Crippen LogP contribution >= 0.6 is 11.3 Å². The summed E-state index contributed by atoms with van der Waals surface area (Å²) in [5, 5.41) is 3.07. The number of ether oxygens (including phenoxy) is 1. The van der Waals surface area contributed by atoms with Crippen molar-refractivity contribution in [2.45, 2.75) is 45.1 Å². The van der Waals surface area contributed by atoms with E-state index in [1.807, 2.05) is 66.5 Å². The van der Waals surface area contributed by atoms with Gasteiger partial charge in [-0.15, -0.1) is 11.3 Å². The van der Waals surface area contributed by atoms with Crippen molar-refractivity contribution >= 4 is 28.8 Å². The zero-order valence-corrected chi connectivity index (χ0v) is 26.7. The van der Waals surface area contributed by atoms with Crippen LogP contribution in [0, 0.1) is 6.92 Å². The summed E-state index contributed by atoms with van der Waals surface area (Å²) in [6.45, 7) is 4.98. The van der Waals surface area contributed by atoms with Crippen molar-refractivity contribution in [2.24, 2.45) is 0 Å². The Hall–Kier alpha value is -3.95. The van der Waals surface area contributed by atoms with Crippen LogP contribution < -0.4 is 9.64 Å². The lowest BCUT2D eigenvalue weighted by atomic mass is 9.95. The van der Waals surface area contributed by atoms with E-state index in [2.05, 4.69) is 27.8 Å². The second-order valence-electron chi connectivity index (χ2n) is 11.8. The van der Waals surface area contributed by atoms with Crippen molar-refractivity contribution < 1.29 is 14.3 Å². The lowest BCUT2D eigenvalue weighted by molar-refractivity contribution is -0.119. The van der Waals surface area contributed by atoms with Gasteiger partial charge in [-0.25, -0.2) is 4.98 Å². The summed E-state index contributed by atoms with van der Waals surface area (Å²) in [5.41, 5.74) is 5.67. The molecule has 2 aromatic heterocycles. The lowest BCUT2D eigenvalue weighted by Gasteiger charge is -2.35. The second-order valence-corrected chi connectivity index (χ2v) is 12.7. The molecule has 2 aromatic carbocycles. The van der Waals surface area contributed by atoms with Gasteiger partial charge in [0, 0.05) is 61.6 Å². The summed E-state index contributed by atoms with van der Waals surface area (Å²) in [6, 6.07) is 20.1. The molecular weight excluding hydrogens is 570 g/mol. The maximum atomic E-state index is 14.0. The third kappa shape index (κ3) is 6.30. The fraction of sp³-hybridized carbons (Fsp3) is 0.400. The predicted octanol–water partition coefficient (Wildman–Crippen LogP) is 6.52. The van der Waals surface area contributed by atoms with E-state index < -0.39 is 0 Å². The van der Waals surface area contributed by atoms with Crippen LogP contribution in [0.5, 0.6) is 5.75 Å². The molecule has 1 saturated carbocycles. The number of anilines is 1. The van der Waals surface area contributed by atoms with E-state index in [0.717, 1.165) is 57.5 Å². The van der Waals surface area contributed by atoms with E-state index in [0.29, 0.717) is 38.8 Å². The number of nitrogens with zero attached hydrogens (tertiary/aromatic N) is 5. The third-order valence-corrected chi connectivity index (χ3v) is 9.99. The van der Waals surface area contributed by atoms with Crippen LogP contribution in [0.1, 0.15) is 54.2 Å². The number of likely N-dealkylation sites (N-methyl/N-ethyl adjacent to an activating group) is 1. The lowest BCUT2D eigenvalue weighted by Crippen LogP contribution is -2.51. The number of rotatable bonds is 8. The molecule has 1 aliphatic heterocycles. The van der Waals surface area contributed by atoms with Crippen LogP contribution in [0.2, 0.25) is 0 Å². The van der Waals surface area contributed by atoms with Crippen LogP contribution in [0.25, 0.3) is 22.0 Å². The quantitative estimate of drug-likeness (QED) is 0.227. The highest BCUT2D eigenvalue weighted by Crippen LogP contribution is 2.38. The summed E-state index contributed by atoms with van der Waals surface area (Å²) in [7, 11) is 3.49. The predicted molar refractivity (Wildman–Crippen MR) is 177 cm³/mol. The number of methoxy groups -OCH3 is 1. The van der Waals surface area contributed by atoms with Gasteiger partial charge < -0.3 is 19.1 Å². The zero-order chi connectivity index (χ0) is 30.6. The molecule has 2 fully saturated rings. The molecule has 2 amide bonds. The Kier molecular flexibility index (Phi) is 9.14. The van der Waals surface area contributed by atoms with Gasteiger partial charge >= 0.3 is 0 Å². The molecule has 1 saturated heterocycles. The van der Waals surface area contributed by atoms with Gasteiger partial charge in [0.15, 0.2) is 0 Å². The fourth-order valence-electron chi connectivity index (χ4n) is 6.47. The molecule has 230 valence electrons. The van der Waals surface area contributed by atoms with Crippen molar-refractivity contribution in [3.05, 3.63) is 77.3 Å². The Morgan fingerprint density at radius 1 is 0.977 bits per heavy atom. The van der Waals surface area contributed by atoms with Crippen LogP contribution in [-0.2, 0) is 4.79 Å². The summed E-state index contributed by atoms with van der Waals surface area (Å²) in [4.78, 5) is 37.8. The number of carbonyl (C=O) groups excluding carboxylic acids is 2. The molecule has 3 heterocycles. The van der Waals surface area contributed by atoms with Crippen molar-refractivity contribution in [1.29, 1.82) is 0 Å². The maximum Gasteiger partial charge on any atom is 0.255 e. The monoisotopic (exact) mass is 611 g/mol. The van der Waals surface area contributed by atoms with Gasteiger partial charge in [0.25, 0.3) is 5.91 Å². The summed E-state index contributed by atoms with van der Waals surface area (Å²) >= 11 is 1.63. The molecule has 8 nitrogen and oxygen atoms in total. The van der Waals surface area contributed by atoms with Gasteiger partial charge in [0.1, 0.15) is 10.8 Å². The van der Waals surface area contributed by atoms with Gasteiger partial charge in [-0.1, -0.05) is 37.5 Å². The van der Waals surface area contributed by atoms with Crippen LogP contribution in [0.15, 0.2) is 66.0 Å². The third-order valence-electron chi connectivity index (χ3n) is 9.10. The van der Waals surface area contributed by atoms with Gasteiger partial charge in [-0.05, 0) is 62.2 Å². The number of amides is 2. The van der Waals surface area contributed by atoms with E-state index in [4.69, 9.17) is 9.72 Å². The van der Waals surface area contributed by atoms with Gasteiger partial charge in [-0.3, -0.25) is 14.5 Å². The smallest absolute Gasteiger partial charge is 0.255 e. The maximum absolute atomic E-state index is 14.0. The Morgan fingerprint density at radius 2 is 1.68 bits per heavy atom. The molecule has 0 radical (unpaired) electrons. The zero-order valence-electron chi connectivity index (χ0n) is 25.9. The first-order valence-electron chi connectivity index (χ1n) is 15.6. The van der Waals surface area contributed by atoms with E-state index in [1.54, 1.807) is 23.3 Å². The average molecular weight is 612 g/mol. The molecule has 9 heteroatoms. The number of aromatic nitrogens is 2. The number of piperazine rings is 1. The number of hydrogen-bond donors (Lipinski definition) is 0. The molecule has 0 atom stereocenters. The minimum Gasteiger partial charge on any atom is -0.497 e. The highest BCUT2D eigenvalue weighted by molar-refractivity contribution is 7.13. The Labute approximate surface area is 263 Å². The van der Waals surface area contributed by atoms with E-state index >= 15 is 0 Å². The van der Waals surface area contributed by atoms with Crippen LogP contribution in [0.3, 0.4) is 0 Å². The van der Waals surface area contributed by atoms with E-state index in [9.17, 15) is 9.59 Å². The van der Waals surface area contributed by atoms with Crippen molar-refractivity contribution in [3.63, 3.8) is 0 Å². The first kappa shape index (κ1) is 30.1. The average Bonchev–Trinajstić information content (AvgIpc) is 3.70. The molecule has 0 spiro atoms. The molecule has 6 rings (SSSR count). The SMILES string of the molecule is COc1ccc(-c2nc(-c3cc(C(=O)N4CCN(CC(=O)N(C)c5ccccc5)CC4)c(C)n3C3CCCCC3)cs2)cc1. The van der Waals surface area contributed by atoms with Crippen molar-refractivity contribution in [2.75, 3.05) is 51.8 Å². The van der Waals surface area contributed by atoms with Crippen molar-refractivity contribution in [1.82, 2.24) is 19.4 Å². The first-order chi connectivity index (χ1) is 21.4. The standard InChI is InChI=1S/C35H41N5O3S/c1-25-30(35(42)39-20-18-38(19-21-39)23-33(41)37(2)27-10-6-4-7-11-27)22-32(40(25)28-12-8-5-9-13-28)31-24-44-34(36-31)26-14-16-29(43-3)17-15-26/h4,6-7,10-11,14-17,22,24,28H,5,8-9,12-13,18-21,23H2,1-3H3.